The van der Waals surface area contributed by atoms with Crippen LogP contribution < -0.4 is 5.73 Å². The third-order valence-corrected chi connectivity index (χ3v) is 3.34. The van der Waals surface area contributed by atoms with Gasteiger partial charge in [0, 0.05) is 32.4 Å². The lowest BCUT2D eigenvalue weighted by Crippen LogP contribution is -2.29. The molecule has 1 aromatic heterocycles. The Hall–Kier alpha value is -1.40. The Morgan fingerprint density at radius 2 is 2.15 bits per heavy atom. The van der Waals surface area contributed by atoms with E-state index in [4.69, 9.17) is 5.73 Å². The van der Waals surface area contributed by atoms with Crippen LogP contribution in [0.3, 0.4) is 0 Å². The number of alkyl halides is 3. The van der Waals surface area contributed by atoms with Gasteiger partial charge in [0.15, 0.2) is 0 Å². The topological polar surface area (TPSA) is 42.2 Å². The first-order valence-corrected chi connectivity index (χ1v) is 6.53. The highest BCUT2D eigenvalue weighted by Gasteiger charge is 2.34. The molecule has 2 heterocycles. The van der Waals surface area contributed by atoms with Crippen molar-refractivity contribution in [1.82, 2.24) is 9.88 Å². The Labute approximate surface area is 116 Å². The molecule has 0 aliphatic carbocycles. The summed E-state index contributed by atoms with van der Waals surface area (Å²) in [6, 6.07) is 1.17. The average Bonchev–Trinajstić information content (AvgIpc) is 2.37. The number of halogens is 3. The molecule has 1 aromatic rings. The molecule has 0 spiro atoms. The van der Waals surface area contributed by atoms with Crippen LogP contribution in [0, 0.1) is 0 Å². The fourth-order valence-electron chi connectivity index (χ4n) is 2.41. The van der Waals surface area contributed by atoms with Crippen LogP contribution in [0.5, 0.6) is 0 Å². The number of nitrogens with two attached hydrogens (primary N) is 1. The largest absolute Gasteiger partial charge is 0.418 e. The molecular weight excluding hydrogens is 267 g/mol. The fourth-order valence-corrected chi connectivity index (χ4v) is 2.41. The molecule has 0 amide bonds. The van der Waals surface area contributed by atoms with Crippen molar-refractivity contribution < 1.29 is 13.2 Å². The first-order chi connectivity index (χ1) is 9.40. The number of hydrogen-bond donors (Lipinski definition) is 1. The standard InChI is InChI=1S/C14H18F3N3/c1-10-3-2-4-20(8-10)9-11-5-12(14(15,16)17)13(6-18)19-7-11/h3,5,7H,2,4,6,8-9,18H2,1H3. The highest BCUT2D eigenvalue weighted by molar-refractivity contribution is 5.28. The van der Waals surface area contributed by atoms with Crippen LogP contribution in [0.4, 0.5) is 13.2 Å². The van der Waals surface area contributed by atoms with E-state index in [0.717, 1.165) is 19.5 Å². The smallest absolute Gasteiger partial charge is 0.325 e. The maximum absolute atomic E-state index is 12.9. The van der Waals surface area contributed by atoms with Gasteiger partial charge in [-0.2, -0.15) is 13.2 Å². The third-order valence-electron chi connectivity index (χ3n) is 3.34. The van der Waals surface area contributed by atoms with Gasteiger partial charge in [0.25, 0.3) is 0 Å². The first-order valence-electron chi connectivity index (χ1n) is 6.53. The number of nitrogens with zero attached hydrogens (tertiary/aromatic N) is 2. The summed E-state index contributed by atoms with van der Waals surface area (Å²) in [6.45, 7) is 3.95. The van der Waals surface area contributed by atoms with Crippen molar-refractivity contribution in [1.29, 1.82) is 0 Å². The number of aromatic nitrogens is 1. The van der Waals surface area contributed by atoms with Crippen molar-refractivity contribution in [3.05, 3.63) is 40.7 Å². The van der Waals surface area contributed by atoms with E-state index < -0.39 is 11.7 Å². The van der Waals surface area contributed by atoms with Gasteiger partial charge < -0.3 is 5.73 Å². The van der Waals surface area contributed by atoms with Gasteiger partial charge in [-0.25, -0.2) is 0 Å². The van der Waals surface area contributed by atoms with E-state index in [0.29, 0.717) is 12.1 Å². The number of pyridine rings is 1. The third kappa shape index (κ3) is 3.58. The van der Waals surface area contributed by atoms with Crippen molar-refractivity contribution in [2.24, 2.45) is 5.73 Å². The molecule has 110 valence electrons. The van der Waals surface area contributed by atoms with Crippen molar-refractivity contribution >= 4 is 0 Å². The zero-order valence-electron chi connectivity index (χ0n) is 11.4. The summed E-state index contributed by atoms with van der Waals surface area (Å²) in [7, 11) is 0. The fraction of sp³-hybridized carbons (Fsp3) is 0.500. The molecule has 0 radical (unpaired) electrons. The van der Waals surface area contributed by atoms with Crippen LogP contribution in [0.15, 0.2) is 23.9 Å². The first kappa shape index (κ1) is 15.0. The van der Waals surface area contributed by atoms with E-state index in [-0.39, 0.29) is 12.2 Å². The van der Waals surface area contributed by atoms with Gasteiger partial charge in [0.2, 0.25) is 0 Å². The second-order valence-corrected chi connectivity index (χ2v) is 5.09. The summed E-state index contributed by atoms with van der Waals surface area (Å²) in [4.78, 5) is 5.98. The molecule has 2 N–H and O–H groups in total. The number of hydrogen-bond acceptors (Lipinski definition) is 3. The summed E-state index contributed by atoms with van der Waals surface area (Å²) < 4.78 is 38.8. The molecule has 1 aliphatic heterocycles. The minimum atomic E-state index is -4.41. The van der Waals surface area contributed by atoms with Crippen LogP contribution >= 0.6 is 0 Å². The molecule has 0 bridgehead atoms. The van der Waals surface area contributed by atoms with Crippen molar-refractivity contribution in [3.8, 4) is 0 Å². The van der Waals surface area contributed by atoms with E-state index in [1.165, 1.54) is 17.8 Å². The minimum Gasteiger partial charge on any atom is -0.325 e. The van der Waals surface area contributed by atoms with E-state index in [9.17, 15) is 13.2 Å². The van der Waals surface area contributed by atoms with Gasteiger partial charge in [-0.15, -0.1) is 0 Å². The van der Waals surface area contributed by atoms with Crippen LogP contribution in [-0.4, -0.2) is 23.0 Å². The lowest BCUT2D eigenvalue weighted by molar-refractivity contribution is -0.138. The molecule has 3 nitrogen and oxygen atoms in total. The van der Waals surface area contributed by atoms with Gasteiger partial charge in [-0.05, 0) is 25.0 Å². The van der Waals surface area contributed by atoms with Crippen LogP contribution in [0.25, 0.3) is 0 Å². The molecule has 2 rings (SSSR count). The van der Waals surface area contributed by atoms with Crippen molar-refractivity contribution in [2.75, 3.05) is 13.1 Å². The summed E-state index contributed by atoms with van der Waals surface area (Å²) in [5.41, 5.74) is 6.32. The Morgan fingerprint density at radius 3 is 2.75 bits per heavy atom. The molecule has 0 fully saturated rings. The summed E-state index contributed by atoms with van der Waals surface area (Å²) >= 11 is 0. The average molecular weight is 285 g/mol. The normalized spacial score (nSPS) is 17.1. The van der Waals surface area contributed by atoms with E-state index >= 15 is 0 Å². The van der Waals surface area contributed by atoms with E-state index in [1.807, 2.05) is 6.92 Å². The molecule has 20 heavy (non-hydrogen) atoms. The number of rotatable bonds is 3. The van der Waals surface area contributed by atoms with Crippen LogP contribution in [0.2, 0.25) is 0 Å². The Morgan fingerprint density at radius 1 is 1.40 bits per heavy atom. The zero-order chi connectivity index (χ0) is 14.8. The van der Waals surface area contributed by atoms with Crippen LogP contribution in [0.1, 0.15) is 30.2 Å². The Balaban J connectivity index is 2.19. The monoisotopic (exact) mass is 285 g/mol. The molecule has 0 aromatic carbocycles. The van der Waals surface area contributed by atoms with Gasteiger partial charge >= 0.3 is 6.18 Å². The molecule has 0 unspecified atom stereocenters. The predicted octanol–water partition coefficient (Wildman–Crippen LogP) is 2.71. The summed E-state index contributed by atoms with van der Waals surface area (Å²) in [6.07, 6.45) is 0.181. The Bertz CT molecular complexity index is 509. The van der Waals surface area contributed by atoms with Crippen LogP contribution in [-0.2, 0) is 19.3 Å². The molecule has 0 saturated carbocycles. The predicted molar refractivity (Wildman–Crippen MR) is 70.8 cm³/mol. The minimum absolute atomic E-state index is 0.101. The lowest BCUT2D eigenvalue weighted by atomic mass is 10.1. The highest BCUT2D eigenvalue weighted by atomic mass is 19.4. The molecule has 1 aliphatic rings. The van der Waals surface area contributed by atoms with Crippen molar-refractivity contribution in [2.45, 2.75) is 32.6 Å². The maximum atomic E-state index is 12.9. The van der Waals surface area contributed by atoms with Gasteiger partial charge in [-0.1, -0.05) is 11.6 Å². The quantitative estimate of drug-likeness (QED) is 0.868. The molecular formula is C14H18F3N3. The SMILES string of the molecule is CC1=CCCN(Cc2cnc(CN)c(C(F)(F)F)c2)C1. The molecule has 0 atom stereocenters. The molecule has 0 saturated heterocycles. The lowest BCUT2D eigenvalue weighted by Gasteiger charge is -2.26. The second-order valence-electron chi connectivity index (χ2n) is 5.09. The van der Waals surface area contributed by atoms with E-state index in [1.54, 1.807) is 0 Å². The van der Waals surface area contributed by atoms with E-state index in [2.05, 4.69) is 16.0 Å². The summed E-state index contributed by atoms with van der Waals surface area (Å²) in [5, 5.41) is 0. The van der Waals surface area contributed by atoms with Gasteiger partial charge in [0.1, 0.15) is 0 Å². The maximum Gasteiger partial charge on any atom is 0.418 e. The summed E-state index contributed by atoms with van der Waals surface area (Å²) in [5.74, 6) is 0. The highest BCUT2D eigenvalue weighted by Crippen LogP contribution is 2.32. The second kappa shape index (κ2) is 5.93. The zero-order valence-corrected chi connectivity index (χ0v) is 11.4. The molecule has 6 heteroatoms. The van der Waals surface area contributed by atoms with Gasteiger partial charge in [-0.3, -0.25) is 9.88 Å². The van der Waals surface area contributed by atoms with Crippen molar-refractivity contribution in [3.63, 3.8) is 0 Å². The van der Waals surface area contributed by atoms with Gasteiger partial charge in [0.05, 0.1) is 11.3 Å². The Kier molecular flexibility index (Phi) is 4.45.